The van der Waals surface area contributed by atoms with Crippen LogP contribution in [0.1, 0.15) is 36.7 Å². The maximum Gasteiger partial charge on any atom is 0.229 e. The Balaban J connectivity index is 1.44. The summed E-state index contributed by atoms with van der Waals surface area (Å²) >= 11 is 1.33. The highest BCUT2D eigenvalue weighted by Gasteiger charge is 2.67. The number of hydrogen-bond donors (Lipinski definition) is 1. The number of rotatable bonds is 3. The average Bonchev–Trinajstić information content (AvgIpc) is 2.75. The van der Waals surface area contributed by atoms with E-state index < -0.39 is 0 Å². The summed E-state index contributed by atoms with van der Waals surface area (Å²) in [4.78, 5) is 27.6. The van der Waals surface area contributed by atoms with Crippen molar-refractivity contribution in [3.63, 3.8) is 0 Å². The number of anilines is 1. The van der Waals surface area contributed by atoms with E-state index in [9.17, 15) is 9.59 Å². The fourth-order valence-corrected chi connectivity index (χ4v) is 5.11. The summed E-state index contributed by atoms with van der Waals surface area (Å²) in [5.41, 5.74) is 0.441. The third kappa shape index (κ3) is 1.67. The van der Waals surface area contributed by atoms with Gasteiger partial charge in [0.15, 0.2) is 10.9 Å². The van der Waals surface area contributed by atoms with Crippen LogP contribution in [0.4, 0.5) is 5.13 Å². The second-order valence-electron chi connectivity index (χ2n) is 6.10. The number of nitrogens with zero attached hydrogens (tertiary/aromatic N) is 1. The van der Waals surface area contributed by atoms with Crippen molar-refractivity contribution in [3.05, 3.63) is 11.1 Å². The molecule has 1 aromatic rings. The molecule has 4 unspecified atom stereocenters. The maximum absolute atomic E-state index is 12.3. The molecule has 1 N–H and O–H groups in total. The predicted octanol–water partition coefficient (Wildman–Crippen LogP) is 2.58. The van der Waals surface area contributed by atoms with Gasteiger partial charge in [0.25, 0.3) is 0 Å². The van der Waals surface area contributed by atoms with Gasteiger partial charge in [-0.2, -0.15) is 0 Å². The largest absolute Gasteiger partial charge is 0.302 e. The number of nitrogens with one attached hydrogen (secondary N) is 1. The molecule has 4 rings (SSSR count). The zero-order valence-electron chi connectivity index (χ0n) is 10.8. The van der Waals surface area contributed by atoms with Crippen molar-refractivity contribution in [2.75, 3.05) is 5.32 Å². The highest BCUT2D eigenvalue weighted by atomic mass is 32.1. The summed E-state index contributed by atoms with van der Waals surface area (Å²) in [5.74, 6) is 3.17. The Morgan fingerprint density at radius 3 is 2.58 bits per heavy atom. The maximum atomic E-state index is 12.3. The molecule has 1 aromatic heterocycles. The quantitative estimate of drug-likeness (QED) is 0.863. The summed E-state index contributed by atoms with van der Waals surface area (Å²) in [6.45, 7) is 1.49. The SMILES string of the molecule is CC(=O)c1csc(NC(=O)C2C3C4CCC(C4)C23)n1. The lowest BCUT2D eigenvalue weighted by Crippen LogP contribution is -2.18. The smallest absolute Gasteiger partial charge is 0.229 e. The molecule has 1 amide bonds. The number of carbonyl (C=O) groups excluding carboxylic acids is 2. The number of amides is 1. The molecule has 19 heavy (non-hydrogen) atoms. The van der Waals surface area contributed by atoms with Gasteiger partial charge in [-0.05, 0) is 42.9 Å². The number of thiazole rings is 1. The minimum Gasteiger partial charge on any atom is -0.302 e. The van der Waals surface area contributed by atoms with Crippen LogP contribution in [-0.2, 0) is 4.79 Å². The van der Waals surface area contributed by atoms with E-state index >= 15 is 0 Å². The number of ketones is 1. The van der Waals surface area contributed by atoms with E-state index in [1.807, 2.05) is 0 Å². The first kappa shape index (κ1) is 11.6. The van der Waals surface area contributed by atoms with Crippen LogP contribution in [0.5, 0.6) is 0 Å². The third-order valence-corrected chi connectivity index (χ3v) is 5.89. The fraction of sp³-hybridized carbons (Fsp3) is 0.643. The molecule has 0 aliphatic heterocycles. The normalized spacial score (nSPS) is 38.1. The van der Waals surface area contributed by atoms with Crippen molar-refractivity contribution in [2.45, 2.75) is 26.2 Å². The molecular weight excluding hydrogens is 260 g/mol. The van der Waals surface area contributed by atoms with Crippen LogP contribution in [0.15, 0.2) is 5.38 Å². The van der Waals surface area contributed by atoms with Gasteiger partial charge < -0.3 is 5.32 Å². The Labute approximate surface area is 115 Å². The minimum absolute atomic E-state index is 0.0573. The van der Waals surface area contributed by atoms with E-state index in [0.717, 1.165) is 11.8 Å². The van der Waals surface area contributed by atoms with Crippen molar-refractivity contribution in [2.24, 2.45) is 29.6 Å². The molecule has 4 nitrogen and oxygen atoms in total. The number of Topliss-reactive ketones (excluding diaryl/α,β-unsaturated/α-hetero) is 1. The molecular formula is C14H16N2O2S. The molecule has 0 saturated heterocycles. The van der Waals surface area contributed by atoms with Gasteiger partial charge in [0, 0.05) is 18.2 Å². The van der Waals surface area contributed by atoms with Crippen LogP contribution in [0.25, 0.3) is 0 Å². The zero-order valence-corrected chi connectivity index (χ0v) is 11.6. The van der Waals surface area contributed by atoms with Crippen molar-refractivity contribution in [1.82, 2.24) is 4.98 Å². The van der Waals surface area contributed by atoms with E-state index in [2.05, 4.69) is 10.3 Å². The fourth-order valence-electron chi connectivity index (χ4n) is 4.36. The van der Waals surface area contributed by atoms with Crippen molar-refractivity contribution < 1.29 is 9.59 Å². The van der Waals surface area contributed by atoms with Gasteiger partial charge in [-0.15, -0.1) is 11.3 Å². The molecule has 3 fully saturated rings. The molecule has 4 atom stereocenters. The molecule has 0 aromatic carbocycles. The summed E-state index contributed by atoms with van der Waals surface area (Å²) in [5, 5.41) is 5.16. The molecule has 0 spiro atoms. The standard InChI is InChI=1S/C14H16N2O2S/c1-6(17)9-5-19-14(15-9)16-13(18)12-10-7-2-3-8(4-7)11(10)12/h5,7-8,10-12H,2-4H2,1H3,(H,15,16,18). The number of aromatic nitrogens is 1. The Morgan fingerprint density at radius 1 is 1.32 bits per heavy atom. The van der Waals surface area contributed by atoms with Crippen LogP contribution in [0.3, 0.4) is 0 Å². The summed E-state index contributed by atoms with van der Waals surface area (Å²) in [6, 6.07) is 0. The Bertz CT molecular complexity index is 552. The summed E-state index contributed by atoms with van der Waals surface area (Å²) in [7, 11) is 0. The van der Waals surface area contributed by atoms with Crippen LogP contribution in [-0.4, -0.2) is 16.7 Å². The molecule has 100 valence electrons. The van der Waals surface area contributed by atoms with E-state index in [1.54, 1.807) is 5.38 Å². The minimum atomic E-state index is -0.0573. The van der Waals surface area contributed by atoms with Crippen LogP contribution in [0.2, 0.25) is 0 Å². The lowest BCUT2D eigenvalue weighted by molar-refractivity contribution is -0.118. The second kappa shape index (κ2) is 3.88. The number of hydrogen-bond acceptors (Lipinski definition) is 4. The highest BCUT2D eigenvalue weighted by Crippen LogP contribution is 2.69. The lowest BCUT2D eigenvalue weighted by Gasteiger charge is -2.07. The third-order valence-electron chi connectivity index (χ3n) is 5.13. The second-order valence-corrected chi connectivity index (χ2v) is 6.96. The van der Waals surface area contributed by atoms with Crippen molar-refractivity contribution >= 4 is 28.2 Å². The van der Waals surface area contributed by atoms with Crippen LogP contribution >= 0.6 is 11.3 Å². The molecule has 2 bridgehead atoms. The van der Waals surface area contributed by atoms with Gasteiger partial charge in [-0.1, -0.05) is 0 Å². The average molecular weight is 276 g/mol. The molecule has 0 radical (unpaired) electrons. The van der Waals surface area contributed by atoms with Crippen LogP contribution in [0, 0.1) is 29.6 Å². The molecule has 3 aliphatic carbocycles. The Kier molecular flexibility index (Phi) is 2.37. The van der Waals surface area contributed by atoms with E-state index in [-0.39, 0.29) is 17.6 Å². The van der Waals surface area contributed by atoms with Gasteiger partial charge in [0.2, 0.25) is 5.91 Å². The van der Waals surface area contributed by atoms with E-state index in [4.69, 9.17) is 0 Å². The van der Waals surface area contributed by atoms with Gasteiger partial charge >= 0.3 is 0 Å². The summed E-state index contributed by atoms with van der Waals surface area (Å²) < 4.78 is 0. The molecule has 5 heteroatoms. The first-order chi connectivity index (χ1) is 9.15. The molecule has 3 saturated carbocycles. The Hall–Kier alpha value is -1.23. The van der Waals surface area contributed by atoms with E-state index in [0.29, 0.717) is 22.7 Å². The lowest BCUT2D eigenvalue weighted by atomic mass is 10.0. The zero-order chi connectivity index (χ0) is 13.1. The first-order valence-electron chi connectivity index (χ1n) is 6.92. The van der Waals surface area contributed by atoms with Gasteiger partial charge in [-0.3, -0.25) is 9.59 Å². The monoisotopic (exact) mass is 276 g/mol. The van der Waals surface area contributed by atoms with Gasteiger partial charge in [0.05, 0.1) is 0 Å². The Morgan fingerprint density at radius 2 is 2.00 bits per heavy atom. The molecule has 3 aliphatic rings. The molecule has 1 heterocycles. The van der Waals surface area contributed by atoms with E-state index in [1.165, 1.54) is 37.5 Å². The first-order valence-corrected chi connectivity index (χ1v) is 7.80. The van der Waals surface area contributed by atoms with Crippen molar-refractivity contribution in [3.8, 4) is 0 Å². The highest BCUT2D eigenvalue weighted by molar-refractivity contribution is 7.14. The topological polar surface area (TPSA) is 59.1 Å². The number of fused-ring (bicyclic) bond motifs is 5. The van der Waals surface area contributed by atoms with Crippen molar-refractivity contribution in [1.29, 1.82) is 0 Å². The summed E-state index contributed by atoms with van der Waals surface area (Å²) in [6.07, 6.45) is 3.99. The predicted molar refractivity (Wildman–Crippen MR) is 72.0 cm³/mol. The van der Waals surface area contributed by atoms with Gasteiger partial charge in [0.1, 0.15) is 5.69 Å². The van der Waals surface area contributed by atoms with Gasteiger partial charge in [-0.25, -0.2) is 4.98 Å². The van der Waals surface area contributed by atoms with Crippen LogP contribution < -0.4 is 5.32 Å². The number of carbonyl (C=O) groups is 2.